The summed E-state index contributed by atoms with van der Waals surface area (Å²) in [5, 5.41) is 0.965. The Balaban J connectivity index is 1.43. The van der Waals surface area contributed by atoms with Crippen LogP contribution in [0.1, 0.15) is 47.1 Å². The topological polar surface area (TPSA) is 50.3 Å². The van der Waals surface area contributed by atoms with Crippen molar-refractivity contribution in [1.82, 2.24) is 9.88 Å². The summed E-state index contributed by atoms with van der Waals surface area (Å²) in [4.78, 5) is 31.5. The Morgan fingerprint density at radius 2 is 1.89 bits per heavy atom. The van der Waals surface area contributed by atoms with Crippen LogP contribution in [-0.4, -0.2) is 28.1 Å². The first-order valence-corrected chi connectivity index (χ1v) is 9.87. The summed E-state index contributed by atoms with van der Waals surface area (Å²) in [6.45, 7) is 0.699. The molecule has 27 heavy (non-hydrogen) atoms. The predicted octanol–water partition coefficient (Wildman–Crippen LogP) is 4.76. The van der Waals surface area contributed by atoms with Gasteiger partial charge in [-0.25, -0.2) is 9.37 Å². The van der Waals surface area contributed by atoms with Gasteiger partial charge in [0.2, 0.25) is 5.91 Å². The number of fused-ring (bicyclic) bond motifs is 1. The summed E-state index contributed by atoms with van der Waals surface area (Å²) in [5.74, 6) is -0.537. The molecular formula is C21H19FN2O2S. The van der Waals surface area contributed by atoms with Crippen LogP contribution in [0.4, 0.5) is 4.39 Å². The van der Waals surface area contributed by atoms with Crippen molar-refractivity contribution in [3.05, 3.63) is 64.9 Å². The normalized spacial score (nSPS) is 16.8. The van der Waals surface area contributed by atoms with E-state index in [-0.39, 0.29) is 36.4 Å². The van der Waals surface area contributed by atoms with E-state index in [4.69, 9.17) is 4.98 Å². The maximum Gasteiger partial charge on any atom is 0.223 e. The number of thiazole rings is 1. The molecule has 0 bridgehead atoms. The molecule has 0 saturated carbocycles. The molecule has 1 aliphatic heterocycles. The lowest BCUT2D eigenvalue weighted by Crippen LogP contribution is -2.30. The van der Waals surface area contributed by atoms with Crippen LogP contribution in [0.2, 0.25) is 0 Å². The average Bonchev–Trinajstić information content (AvgIpc) is 3.32. The number of ketones is 1. The SMILES string of the molecule is O=C(CCC(=O)N1CCC[C@H]1c1nc2ccccc2s1)c1ccc(F)cc1. The molecule has 1 saturated heterocycles. The highest BCUT2D eigenvalue weighted by Gasteiger charge is 2.32. The average molecular weight is 382 g/mol. The van der Waals surface area contributed by atoms with Crippen LogP contribution in [0.25, 0.3) is 10.2 Å². The Morgan fingerprint density at radius 1 is 1.11 bits per heavy atom. The first-order valence-electron chi connectivity index (χ1n) is 9.05. The fourth-order valence-electron chi connectivity index (χ4n) is 3.50. The van der Waals surface area contributed by atoms with Crippen LogP contribution >= 0.6 is 11.3 Å². The van der Waals surface area contributed by atoms with Gasteiger partial charge in [-0.05, 0) is 49.2 Å². The third-order valence-corrected chi connectivity index (χ3v) is 6.04. The summed E-state index contributed by atoms with van der Waals surface area (Å²) in [6.07, 6.45) is 2.14. The van der Waals surface area contributed by atoms with E-state index in [0.717, 1.165) is 28.1 Å². The van der Waals surface area contributed by atoms with Gasteiger partial charge in [0.15, 0.2) is 5.78 Å². The molecule has 4 nitrogen and oxygen atoms in total. The number of benzene rings is 2. The number of hydrogen-bond donors (Lipinski definition) is 0. The van der Waals surface area contributed by atoms with Gasteiger partial charge >= 0.3 is 0 Å². The van der Waals surface area contributed by atoms with Gasteiger partial charge < -0.3 is 4.90 Å². The molecule has 0 radical (unpaired) electrons. The number of nitrogens with zero attached hydrogens (tertiary/aromatic N) is 2. The molecule has 1 amide bonds. The Morgan fingerprint density at radius 3 is 2.67 bits per heavy atom. The monoisotopic (exact) mass is 382 g/mol. The van der Waals surface area contributed by atoms with E-state index in [9.17, 15) is 14.0 Å². The molecule has 1 aromatic heterocycles. The molecular weight excluding hydrogens is 363 g/mol. The smallest absolute Gasteiger partial charge is 0.223 e. The molecule has 1 aliphatic rings. The first-order chi connectivity index (χ1) is 13.1. The van der Waals surface area contributed by atoms with E-state index in [0.29, 0.717) is 12.1 Å². The van der Waals surface area contributed by atoms with Gasteiger partial charge in [0.1, 0.15) is 10.8 Å². The number of amides is 1. The zero-order chi connectivity index (χ0) is 18.8. The highest BCUT2D eigenvalue weighted by molar-refractivity contribution is 7.18. The summed E-state index contributed by atoms with van der Waals surface area (Å²) in [6, 6.07) is 13.4. The molecule has 0 N–H and O–H groups in total. The van der Waals surface area contributed by atoms with Crippen molar-refractivity contribution < 1.29 is 14.0 Å². The van der Waals surface area contributed by atoms with E-state index in [1.165, 1.54) is 24.3 Å². The summed E-state index contributed by atoms with van der Waals surface area (Å²) in [7, 11) is 0. The van der Waals surface area contributed by atoms with Gasteiger partial charge in [0.25, 0.3) is 0 Å². The molecule has 2 heterocycles. The number of para-hydroxylation sites is 1. The molecule has 1 fully saturated rings. The number of carbonyl (C=O) groups is 2. The molecule has 0 aliphatic carbocycles. The number of halogens is 1. The minimum absolute atomic E-state index is 0.00387. The van der Waals surface area contributed by atoms with Crippen molar-refractivity contribution in [2.45, 2.75) is 31.7 Å². The second-order valence-electron chi connectivity index (χ2n) is 6.70. The number of aromatic nitrogens is 1. The van der Waals surface area contributed by atoms with Gasteiger partial charge in [-0.1, -0.05) is 12.1 Å². The van der Waals surface area contributed by atoms with Crippen molar-refractivity contribution in [2.24, 2.45) is 0 Å². The van der Waals surface area contributed by atoms with Crippen molar-refractivity contribution in [3.8, 4) is 0 Å². The minimum atomic E-state index is -0.377. The maximum atomic E-state index is 13.0. The highest BCUT2D eigenvalue weighted by atomic mass is 32.1. The Kier molecular flexibility index (Phi) is 4.99. The zero-order valence-electron chi connectivity index (χ0n) is 14.7. The molecule has 138 valence electrons. The highest BCUT2D eigenvalue weighted by Crippen LogP contribution is 2.36. The fraction of sp³-hybridized carbons (Fsp3) is 0.286. The lowest BCUT2D eigenvalue weighted by atomic mass is 10.1. The molecule has 2 aromatic carbocycles. The molecule has 4 rings (SSSR count). The van der Waals surface area contributed by atoms with Crippen LogP contribution in [0.15, 0.2) is 48.5 Å². The Bertz CT molecular complexity index is 950. The largest absolute Gasteiger partial charge is 0.333 e. The van der Waals surface area contributed by atoms with Crippen LogP contribution in [-0.2, 0) is 4.79 Å². The molecule has 0 unspecified atom stereocenters. The first kappa shape index (κ1) is 17.8. The lowest BCUT2D eigenvalue weighted by Gasteiger charge is -2.23. The number of rotatable bonds is 5. The Hall–Kier alpha value is -2.60. The second-order valence-corrected chi connectivity index (χ2v) is 7.76. The van der Waals surface area contributed by atoms with Crippen LogP contribution in [0, 0.1) is 5.82 Å². The third kappa shape index (κ3) is 3.76. The third-order valence-electron chi connectivity index (χ3n) is 4.90. The summed E-state index contributed by atoms with van der Waals surface area (Å²) in [5.41, 5.74) is 1.40. The zero-order valence-corrected chi connectivity index (χ0v) is 15.5. The summed E-state index contributed by atoms with van der Waals surface area (Å²) >= 11 is 1.63. The molecule has 1 atom stereocenters. The van der Waals surface area contributed by atoms with E-state index in [1.807, 2.05) is 29.2 Å². The van der Waals surface area contributed by atoms with Crippen LogP contribution < -0.4 is 0 Å². The lowest BCUT2D eigenvalue weighted by molar-refractivity contribution is -0.132. The van der Waals surface area contributed by atoms with Crippen LogP contribution in [0.3, 0.4) is 0 Å². The number of carbonyl (C=O) groups excluding carboxylic acids is 2. The van der Waals surface area contributed by atoms with Gasteiger partial charge in [-0.3, -0.25) is 9.59 Å². The summed E-state index contributed by atoms with van der Waals surface area (Å²) < 4.78 is 14.1. The van der Waals surface area contributed by atoms with Crippen LogP contribution in [0.5, 0.6) is 0 Å². The standard InChI is InChI=1S/C21H19FN2O2S/c22-15-9-7-14(8-10-15)18(25)11-12-20(26)24-13-3-5-17(24)21-23-16-4-1-2-6-19(16)27-21/h1-2,4,6-10,17H,3,5,11-13H2/t17-/m0/s1. The van der Waals surface area contributed by atoms with Crippen molar-refractivity contribution in [1.29, 1.82) is 0 Å². The maximum absolute atomic E-state index is 13.0. The Labute approximate surface area is 160 Å². The molecule has 3 aromatic rings. The van der Waals surface area contributed by atoms with E-state index in [1.54, 1.807) is 11.3 Å². The number of hydrogen-bond acceptors (Lipinski definition) is 4. The van der Waals surface area contributed by atoms with Gasteiger partial charge in [-0.2, -0.15) is 0 Å². The second kappa shape index (κ2) is 7.56. The van der Waals surface area contributed by atoms with Crippen molar-refractivity contribution in [2.75, 3.05) is 6.54 Å². The van der Waals surface area contributed by atoms with E-state index in [2.05, 4.69) is 0 Å². The molecule has 0 spiro atoms. The van der Waals surface area contributed by atoms with Gasteiger partial charge in [0.05, 0.1) is 16.3 Å². The van der Waals surface area contributed by atoms with E-state index >= 15 is 0 Å². The van der Waals surface area contributed by atoms with E-state index < -0.39 is 0 Å². The number of likely N-dealkylation sites (tertiary alicyclic amines) is 1. The van der Waals surface area contributed by atoms with Crippen molar-refractivity contribution in [3.63, 3.8) is 0 Å². The minimum Gasteiger partial charge on any atom is -0.333 e. The molecule has 6 heteroatoms. The van der Waals surface area contributed by atoms with Gasteiger partial charge in [-0.15, -0.1) is 11.3 Å². The van der Waals surface area contributed by atoms with Gasteiger partial charge in [0, 0.05) is 24.9 Å². The quantitative estimate of drug-likeness (QED) is 0.598. The van der Waals surface area contributed by atoms with Crippen molar-refractivity contribution >= 4 is 33.2 Å². The fourth-order valence-corrected chi connectivity index (χ4v) is 4.61. The number of Topliss-reactive ketones (excluding diaryl/α,β-unsaturated/α-hetero) is 1. The predicted molar refractivity (Wildman–Crippen MR) is 103 cm³/mol.